The average Bonchev–Trinajstić information content (AvgIpc) is 2.72. The van der Waals surface area contributed by atoms with Crippen LogP contribution in [0.15, 0.2) is 4.99 Å². The summed E-state index contributed by atoms with van der Waals surface area (Å²) in [5, 5.41) is 3.07. The number of thioether (sulfide) groups is 1. The summed E-state index contributed by atoms with van der Waals surface area (Å²) in [4.78, 5) is 28.5. The molecule has 6 heteroatoms. The summed E-state index contributed by atoms with van der Waals surface area (Å²) < 4.78 is 0. The summed E-state index contributed by atoms with van der Waals surface area (Å²) in [5.74, 6) is -0.211. The van der Waals surface area contributed by atoms with Crippen molar-refractivity contribution in [3.8, 4) is 0 Å². The SMILES string of the molecule is CCN(CC)C(=O)C(=O)NC1=NCCS1. The van der Waals surface area contributed by atoms with Gasteiger partial charge in [0, 0.05) is 18.8 Å². The number of hydrogen-bond donors (Lipinski definition) is 1. The zero-order chi connectivity index (χ0) is 11.3. The van der Waals surface area contributed by atoms with Crippen LogP contribution in [0.5, 0.6) is 0 Å². The van der Waals surface area contributed by atoms with Crippen molar-refractivity contribution in [3.63, 3.8) is 0 Å². The van der Waals surface area contributed by atoms with Gasteiger partial charge in [0.2, 0.25) is 0 Å². The molecule has 0 aromatic rings. The van der Waals surface area contributed by atoms with Crippen LogP contribution in [-0.2, 0) is 9.59 Å². The first-order chi connectivity index (χ1) is 7.19. The van der Waals surface area contributed by atoms with Gasteiger partial charge in [-0.3, -0.25) is 19.9 Å². The van der Waals surface area contributed by atoms with Gasteiger partial charge in [-0.2, -0.15) is 0 Å². The van der Waals surface area contributed by atoms with Gasteiger partial charge in [0.05, 0.1) is 6.54 Å². The number of carbonyl (C=O) groups excluding carboxylic acids is 2. The number of carbonyl (C=O) groups is 2. The Bertz CT molecular complexity index is 287. The second kappa shape index (κ2) is 5.75. The minimum atomic E-state index is -0.591. The van der Waals surface area contributed by atoms with Crippen LogP contribution in [0.4, 0.5) is 0 Å². The van der Waals surface area contributed by atoms with Crippen LogP contribution >= 0.6 is 11.8 Å². The molecule has 1 N–H and O–H groups in total. The van der Waals surface area contributed by atoms with E-state index in [1.165, 1.54) is 16.7 Å². The van der Waals surface area contributed by atoms with E-state index in [2.05, 4.69) is 10.3 Å². The highest BCUT2D eigenvalue weighted by molar-refractivity contribution is 8.14. The van der Waals surface area contributed by atoms with Crippen molar-refractivity contribution in [2.24, 2.45) is 4.99 Å². The second-order valence-corrected chi connectivity index (χ2v) is 4.05. The van der Waals surface area contributed by atoms with Gasteiger partial charge < -0.3 is 4.90 Å². The standard InChI is InChI=1S/C9H15N3O2S/c1-3-12(4-2)8(14)7(13)11-9-10-5-6-15-9/h3-6H2,1-2H3,(H,10,11,13). The van der Waals surface area contributed by atoms with E-state index in [-0.39, 0.29) is 0 Å². The van der Waals surface area contributed by atoms with Gasteiger partial charge in [0.1, 0.15) is 0 Å². The first-order valence-electron chi connectivity index (χ1n) is 4.96. The maximum absolute atomic E-state index is 11.5. The third kappa shape index (κ3) is 3.23. The molecule has 0 aromatic carbocycles. The fraction of sp³-hybridized carbons (Fsp3) is 0.667. The van der Waals surface area contributed by atoms with E-state index in [1.54, 1.807) is 0 Å². The third-order valence-corrected chi connectivity index (χ3v) is 2.94. The first-order valence-corrected chi connectivity index (χ1v) is 5.95. The van der Waals surface area contributed by atoms with Gasteiger partial charge in [-0.15, -0.1) is 0 Å². The van der Waals surface area contributed by atoms with Crippen LogP contribution < -0.4 is 5.32 Å². The Morgan fingerprint density at radius 2 is 2.13 bits per heavy atom. The van der Waals surface area contributed by atoms with Gasteiger partial charge in [0.25, 0.3) is 0 Å². The first kappa shape index (κ1) is 12.0. The number of nitrogens with zero attached hydrogens (tertiary/aromatic N) is 2. The molecule has 0 saturated heterocycles. The summed E-state index contributed by atoms with van der Waals surface area (Å²) in [6, 6.07) is 0. The van der Waals surface area contributed by atoms with Crippen molar-refractivity contribution in [1.29, 1.82) is 0 Å². The number of aliphatic imine (C=N–C) groups is 1. The number of rotatable bonds is 2. The van der Waals surface area contributed by atoms with Crippen molar-refractivity contribution in [2.45, 2.75) is 13.8 Å². The van der Waals surface area contributed by atoms with Crippen LogP contribution in [0.25, 0.3) is 0 Å². The zero-order valence-electron chi connectivity index (χ0n) is 8.95. The van der Waals surface area contributed by atoms with Gasteiger partial charge in [0.15, 0.2) is 5.17 Å². The molecule has 15 heavy (non-hydrogen) atoms. The number of nitrogens with one attached hydrogen (secondary N) is 1. The molecule has 0 atom stereocenters. The molecule has 1 aliphatic heterocycles. The third-order valence-electron chi connectivity index (χ3n) is 2.05. The van der Waals surface area contributed by atoms with Crippen LogP contribution in [0.3, 0.4) is 0 Å². The van der Waals surface area contributed by atoms with Crippen molar-refractivity contribution >= 4 is 28.7 Å². The van der Waals surface area contributed by atoms with Gasteiger partial charge in [-0.1, -0.05) is 11.8 Å². The fourth-order valence-corrected chi connectivity index (χ4v) is 1.94. The van der Waals surface area contributed by atoms with Crippen molar-refractivity contribution in [3.05, 3.63) is 0 Å². The Morgan fingerprint density at radius 3 is 2.60 bits per heavy atom. The Labute approximate surface area is 93.3 Å². The van der Waals surface area contributed by atoms with Gasteiger partial charge in [-0.05, 0) is 13.8 Å². The number of amides is 2. The Balaban J connectivity index is 2.48. The molecule has 0 aliphatic carbocycles. The number of amidine groups is 1. The quantitative estimate of drug-likeness (QED) is 0.682. The molecular formula is C9H15N3O2S. The smallest absolute Gasteiger partial charge is 0.315 e. The lowest BCUT2D eigenvalue weighted by molar-refractivity contribution is -0.144. The van der Waals surface area contributed by atoms with E-state index < -0.39 is 11.8 Å². The summed E-state index contributed by atoms with van der Waals surface area (Å²) in [7, 11) is 0. The molecule has 0 unspecified atom stereocenters. The molecule has 1 rings (SSSR count). The largest absolute Gasteiger partial charge is 0.335 e. The van der Waals surface area contributed by atoms with E-state index in [4.69, 9.17) is 0 Å². The average molecular weight is 229 g/mol. The lowest BCUT2D eigenvalue weighted by Gasteiger charge is -2.17. The molecule has 84 valence electrons. The predicted molar refractivity (Wildman–Crippen MR) is 60.8 cm³/mol. The van der Waals surface area contributed by atoms with Crippen LogP contribution in [0.1, 0.15) is 13.8 Å². The molecule has 0 spiro atoms. The monoisotopic (exact) mass is 229 g/mol. The van der Waals surface area contributed by atoms with E-state index in [9.17, 15) is 9.59 Å². The summed E-state index contributed by atoms with van der Waals surface area (Å²) in [6.07, 6.45) is 0. The molecule has 0 aromatic heterocycles. The van der Waals surface area contributed by atoms with Crippen molar-refractivity contribution in [2.75, 3.05) is 25.4 Å². The Hall–Kier alpha value is -1.04. The maximum atomic E-state index is 11.5. The molecular weight excluding hydrogens is 214 g/mol. The van der Waals surface area contributed by atoms with Gasteiger partial charge in [-0.25, -0.2) is 0 Å². The molecule has 0 fully saturated rings. The highest BCUT2D eigenvalue weighted by atomic mass is 32.2. The van der Waals surface area contributed by atoms with Crippen molar-refractivity contribution in [1.82, 2.24) is 10.2 Å². The Kier molecular flexibility index (Phi) is 4.61. The molecule has 0 radical (unpaired) electrons. The normalized spacial score (nSPS) is 14.7. The van der Waals surface area contributed by atoms with Gasteiger partial charge >= 0.3 is 11.8 Å². The van der Waals surface area contributed by atoms with Crippen LogP contribution in [0.2, 0.25) is 0 Å². The minimum absolute atomic E-state index is 0.491. The van der Waals surface area contributed by atoms with E-state index in [1.807, 2.05) is 13.8 Å². The lowest BCUT2D eigenvalue weighted by atomic mass is 10.4. The molecule has 2 amide bonds. The lowest BCUT2D eigenvalue weighted by Crippen LogP contribution is -2.44. The predicted octanol–water partition coefficient (Wildman–Crippen LogP) is 0.0738. The number of likely N-dealkylation sites (N-methyl/N-ethyl adjacent to an activating group) is 1. The molecule has 0 saturated carbocycles. The summed E-state index contributed by atoms with van der Waals surface area (Å²) in [6.45, 7) is 5.48. The number of hydrogen-bond acceptors (Lipinski definition) is 4. The zero-order valence-corrected chi connectivity index (χ0v) is 9.76. The molecule has 1 aliphatic rings. The maximum Gasteiger partial charge on any atom is 0.315 e. The van der Waals surface area contributed by atoms with Crippen LogP contribution in [0, 0.1) is 0 Å². The van der Waals surface area contributed by atoms with Crippen LogP contribution in [-0.4, -0.2) is 47.3 Å². The molecule has 5 nitrogen and oxygen atoms in total. The summed E-state index contributed by atoms with van der Waals surface area (Å²) >= 11 is 1.46. The highest BCUT2D eigenvalue weighted by Gasteiger charge is 2.21. The summed E-state index contributed by atoms with van der Waals surface area (Å²) in [5.41, 5.74) is 0. The topological polar surface area (TPSA) is 61.8 Å². The van der Waals surface area contributed by atoms with E-state index in [0.717, 1.165) is 5.75 Å². The minimum Gasteiger partial charge on any atom is -0.335 e. The van der Waals surface area contributed by atoms with E-state index >= 15 is 0 Å². The van der Waals surface area contributed by atoms with Crippen molar-refractivity contribution < 1.29 is 9.59 Å². The molecule has 1 heterocycles. The van der Waals surface area contributed by atoms with E-state index in [0.29, 0.717) is 24.8 Å². The fourth-order valence-electron chi connectivity index (χ4n) is 1.22. The molecule has 0 bridgehead atoms. The second-order valence-electron chi connectivity index (χ2n) is 2.97. The highest BCUT2D eigenvalue weighted by Crippen LogP contribution is 2.08. The Morgan fingerprint density at radius 1 is 1.47 bits per heavy atom.